The third-order valence-electron chi connectivity index (χ3n) is 3.30. The molecule has 24 heavy (non-hydrogen) atoms. The predicted molar refractivity (Wildman–Crippen MR) is 97.6 cm³/mol. The fourth-order valence-electron chi connectivity index (χ4n) is 2.11. The van der Waals surface area contributed by atoms with Gasteiger partial charge >= 0.3 is 0 Å². The number of benzene rings is 2. The molecule has 0 saturated carbocycles. The van der Waals surface area contributed by atoms with Crippen LogP contribution in [0, 0.1) is 12.3 Å². The number of hydrogen-bond donors (Lipinski definition) is 2. The Morgan fingerprint density at radius 3 is 2.67 bits per heavy atom. The van der Waals surface area contributed by atoms with Crippen LogP contribution >= 0.6 is 0 Å². The average Bonchev–Trinajstić information content (AvgIpc) is 2.61. The van der Waals surface area contributed by atoms with Crippen LogP contribution in [0.25, 0.3) is 0 Å². The summed E-state index contributed by atoms with van der Waals surface area (Å²) in [5, 5.41) is 3.04. The molecular formula is C19H21N3O2. The normalized spacial score (nSPS) is 10.8. The van der Waals surface area contributed by atoms with Gasteiger partial charge in [0.1, 0.15) is 18.1 Å². The molecule has 5 nitrogen and oxygen atoms in total. The Kier molecular flexibility index (Phi) is 6.54. The van der Waals surface area contributed by atoms with Gasteiger partial charge in [0.15, 0.2) is 5.96 Å². The minimum Gasteiger partial charge on any atom is -0.495 e. The molecule has 0 fully saturated rings. The highest BCUT2D eigenvalue weighted by molar-refractivity contribution is 5.93. The van der Waals surface area contributed by atoms with Crippen LogP contribution in [0.3, 0.4) is 0 Å². The number of para-hydroxylation sites is 2. The number of hydrogen-bond acceptors (Lipinski definition) is 3. The van der Waals surface area contributed by atoms with E-state index < -0.39 is 0 Å². The van der Waals surface area contributed by atoms with Crippen LogP contribution < -0.4 is 20.5 Å². The molecule has 0 radical (unpaired) electrons. The molecule has 0 aliphatic rings. The Balaban J connectivity index is 1.85. The number of methoxy groups -OCH3 is 1. The lowest BCUT2D eigenvalue weighted by Crippen LogP contribution is -2.23. The summed E-state index contributed by atoms with van der Waals surface area (Å²) in [4.78, 5) is 4.33. The number of rotatable bonds is 7. The van der Waals surface area contributed by atoms with Gasteiger partial charge in [-0.3, -0.25) is 4.99 Å². The van der Waals surface area contributed by atoms with Crippen molar-refractivity contribution in [2.24, 2.45) is 10.7 Å². The van der Waals surface area contributed by atoms with Crippen LogP contribution in [0.15, 0.2) is 53.5 Å². The molecule has 0 atom stereocenters. The summed E-state index contributed by atoms with van der Waals surface area (Å²) >= 11 is 0. The molecule has 124 valence electrons. The SMILES string of the molecule is C#CCOc1ccc(CCN=C(N)Nc2ccccc2OC)cc1. The second-order valence-electron chi connectivity index (χ2n) is 4.98. The van der Waals surface area contributed by atoms with Gasteiger partial charge in [0, 0.05) is 6.54 Å². The number of nitrogens with one attached hydrogen (secondary N) is 1. The highest BCUT2D eigenvalue weighted by Crippen LogP contribution is 2.22. The molecule has 2 aromatic rings. The Bertz CT molecular complexity index is 718. The van der Waals surface area contributed by atoms with E-state index in [9.17, 15) is 0 Å². The standard InChI is InChI=1S/C19H21N3O2/c1-3-14-24-16-10-8-15(9-11-16)12-13-21-19(20)22-17-6-4-5-7-18(17)23-2/h1,4-11H,12-14H2,2H3,(H3,20,21,22). The van der Waals surface area contributed by atoms with Crippen LogP contribution in [0.5, 0.6) is 11.5 Å². The number of aliphatic imine (C=N–C) groups is 1. The zero-order valence-electron chi connectivity index (χ0n) is 13.7. The Morgan fingerprint density at radius 2 is 1.96 bits per heavy atom. The largest absolute Gasteiger partial charge is 0.495 e. The second-order valence-corrected chi connectivity index (χ2v) is 4.98. The first kappa shape index (κ1) is 17.2. The van der Waals surface area contributed by atoms with Gasteiger partial charge in [0.25, 0.3) is 0 Å². The molecule has 0 spiro atoms. The Morgan fingerprint density at radius 1 is 1.21 bits per heavy atom. The summed E-state index contributed by atoms with van der Waals surface area (Å²) in [6, 6.07) is 15.3. The molecule has 0 saturated heterocycles. The van der Waals surface area contributed by atoms with Gasteiger partial charge in [-0.2, -0.15) is 0 Å². The van der Waals surface area contributed by atoms with Crippen LogP contribution in [0.4, 0.5) is 5.69 Å². The quantitative estimate of drug-likeness (QED) is 0.467. The predicted octanol–water partition coefficient (Wildman–Crippen LogP) is 2.68. The zero-order valence-corrected chi connectivity index (χ0v) is 13.7. The van der Waals surface area contributed by atoms with Crippen molar-refractivity contribution in [1.29, 1.82) is 0 Å². The van der Waals surface area contributed by atoms with Crippen LogP contribution in [-0.4, -0.2) is 26.2 Å². The first-order chi connectivity index (χ1) is 11.7. The smallest absolute Gasteiger partial charge is 0.193 e. The molecule has 0 aliphatic carbocycles. The summed E-state index contributed by atoms with van der Waals surface area (Å²) in [5.74, 6) is 4.27. The molecule has 0 bridgehead atoms. The van der Waals surface area contributed by atoms with E-state index in [1.54, 1.807) is 7.11 Å². The topological polar surface area (TPSA) is 68.9 Å². The molecule has 0 aromatic heterocycles. The molecule has 0 aliphatic heterocycles. The van der Waals surface area contributed by atoms with E-state index in [4.69, 9.17) is 21.6 Å². The fraction of sp³-hybridized carbons (Fsp3) is 0.211. The second kappa shape index (κ2) is 9.11. The minimum absolute atomic E-state index is 0.273. The molecular weight excluding hydrogens is 302 g/mol. The number of ether oxygens (including phenoxy) is 2. The third kappa shape index (κ3) is 5.25. The van der Waals surface area contributed by atoms with Crippen molar-refractivity contribution in [3.63, 3.8) is 0 Å². The van der Waals surface area contributed by atoms with Crippen molar-refractivity contribution < 1.29 is 9.47 Å². The zero-order chi connectivity index (χ0) is 17.2. The minimum atomic E-state index is 0.273. The lowest BCUT2D eigenvalue weighted by Gasteiger charge is -2.10. The number of nitrogens with two attached hydrogens (primary N) is 1. The number of guanidine groups is 1. The molecule has 0 amide bonds. The maximum atomic E-state index is 5.92. The van der Waals surface area contributed by atoms with E-state index in [0.29, 0.717) is 12.5 Å². The van der Waals surface area contributed by atoms with E-state index in [-0.39, 0.29) is 6.61 Å². The highest BCUT2D eigenvalue weighted by atomic mass is 16.5. The third-order valence-corrected chi connectivity index (χ3v) is 3.30. The number of terminal acetylenes is 1. The molecule has 3 N–H and O–H groups in total. The van der Waals surface area contributed by atoms with Gasteiger partial charge in [-0.1, -0.05) is 30.2 Å². The van der Waals surface area contributed by atoms with E-state index in [0.717, 1.165) is 29.2 Å². The molecule has 2 aromatic carbocycles. The van der Waals surface area contributed by atoms with Crippen molar-refractivity contribution in [2.75, 3.05) is 25.6 Å². The monoisotopic (exact) mass is 323 g/mol. The summed E-state index contributed by atoms with van der Waals surface area (Å²) in [6.07, 6.45) is 5.94. The summed E-state index contributed by atoms with van der Waals surface area (Å²) in [6.45, 7) is 0.854. The van der Waals surface area contributed by atoms with Crippen LogP contribution in [-0.2, 0) is 6.42 Å². The van der Waals surface area contributed by atoms with Crippen molar-refractivity contribution in [1.82, 2.24) is 0 Å². The number of anilines is 1. The summed E-state index contributed by atoms with van der Waals surface area (Å²) in [5.41, 5.74) is 7.86. The van der Waals surface area contributed by atoms with Gasteiger partial charge in [0.2, 0.25) is 0 Å². The fourth-order valence-corrected chi connectivity index (χ4v) is 2.11. The first-order valence-corrected chi connectivity index (χ1v) is 7.58. The maximum Gasteiger partial charge on any atom is 0.193 e. The van der Waals surface area contributed by atoms with Crippen LogP contribution in [0.1, 0.15) is 5.56 Å². The first-order valence-electron chi connectivity index (χ1n) is 7.58. The van der Waals surface area contributed by atoms with Gasteiger partial charge in [-0.25, -0.2) is 0 Å². The van der Waals surface area contributed by atoms with Crippen molar-refractivity contribution >= 4 is 11.6 Å². The van der Waals surface area contributed by atoms with Crippen LogP contribution in [0.2, 0.25) is 0 Å². The Hall–Kier alpha value is -3.13. The van der Waals surface area contributed by atoms with Gasteiger partial charge < -0.3 is 20.5 Å². The molecule has 5 heteroatoms. The van der Waals surface area contributed by atoms with Crippen molar-refractivity contribution in [3.05, 3.63) is 54.1 Å². The van der Waals surface area contributed by atoms with Gasteiger partial charge in [0.05, 0.1) is 12.8 Å². The molecule has 0 unspecified atom stereocenters. The van der Waals surface area contributed by atoms with Gasteiger partial charge in [-0.15, -0.1) is 6.42 Å². The van der Waals surface area contributed by atoms with Gasteiger partial charge in [-0.05, 0) is 36.2 Å². The van der Waals surface area contributed by atoms with Crippen molar-refractivity contribution in [2.45, 2.75) is 6.42 Å². The van der Waals surface area contributed by atoms with E-state index >= 15 is 0 Å². The van der Waals surface area contributed by atoms with Crippen molar-refractivity contribution in [3.8, 4) is 23.8 Å². The van der Waals surface area contributed by atoms with E-state index in [1.165, 1.54) is 0 Å². The highest BCUT2D eigenvalue weighted by Gasteiger charge is 2.02. The molecule has 2 rings (SSSR count). The molecule has 0 heterocycles. The maximum absolute atomic E-state index is 5.92. The number of nitrogens with zero attached hydrogens (tertiary/aromatic N) is 1. The van der Waals surface area contributed by atoms with E-state index in [1.807, 2.05) is 48.5 Å². The van der Waals surface area contributed by atoms with E-state index in [2.05, 4.69) is 16.2 Å². The lowest BCUT2D eigenvalue weighted by molar-refractivity contribution is 0.370. The summed E-state index contributed by atoms with van der Waals surface area (Å²) in [7, 11) is 1.62. The lowest BCUT2D eigenvalue weighted by atomic mass is 10.1. The Labute approximate surface area is 142 Å². The average molecular weight is 323 g/mol. The summed E-state index contributed by atoms with van der Waals surface area (Å²) < 4.78 is 10.6.